The van der Waals surface area contributed by atoms with E-state index in [1.165, 1.54) is 10.6 Å². The largest absolute Gasteiger partial charge is 0.760 e. The molecule has 0 spiro atoms. The quantitative estimate of drug-likeness (QED) is 0.266. The zero-order valence-corrected chi connectivity index (χ0v) is 20.9. The molecule has 0 saturated heterocycles. The molecule has 0 saturated carbocycles. The van der Waals surface area contributed by atoms with Crippen LogP contribution in [0.3, 0.4) is 0 Å². The van der Waals surface area contributed by atoms with Crippen molar-refractivity contribution in [2.24, 2.45) is 7.05 Å². The molecule has 10 heteroatoms. The van der Waals surface area contributed by atoms with Crippen LogP contribution in [0.1, 0.15) is 5.56 Å². The molecule has 0 radical (unpaired) electrons. The van der Waals surface area contributed by atoms with Gasteiger partial charge in [0.2, 0.25) is 0 Å². The average molecular weight is 536 g/mol. The summed E-state index contributed by atoms with van der Waals surface area (Å²) < 4.78 is 65.5. The van der Waals surface area contributed by atoms with Crippen molar-refractivity contribution in [2.45, 2.75) is 6.42 Å². The zero-order valence-electron chi connectivity index (χ0n) is 20.1. The molecule has 5 aromatic rings. The second-order valence-corrected chi connectivity index (χ2v) is 9.32. The van der Waals surface area contributed by atoms with Crippen LogP contribution >= 0.6 is 0 Å². The number of nitrogens with zero attached hydrogens (tertiary/aromatic N) is 1. The zero-order chi connectivity index (χ0) is 26.8. The maximum absolute atomic E-state index is 14.5. The van der Waals surface area contributed by atoms with E-state index in [-0.39, 0.29) is 23.6 Å². The smallest absolute Gasteiger partial charge is 0.261 e. The Labute approximate surface area is 218 Å². The molecule has 3 aromatic carbocycles. The lowest BCUT2D eigenvalue weighted by Gasteiger charge is -2.15. The van der Waals surface area contributed by atoms with Crippen molar-refractivity contribution in [3.8, 4) is 33.9 Å². The minimum atomic E-state index is -2.41. The predicted octanol–water partition coefficient (Wildman–Crippen LogP) is 5.46. The summed E-state index contributed by atoms with van der Waals surface area (Å²) in [5.74, 6) is -1.07. The van der Waals surface area contributed by atoms with E-state index in [4.69, 9.17) is 9.15 Å². The second kappa shape index (κ2) is 10.7. The number of halogens is 2. The number of furan rings is 1. The van der Waals surface area contributed by atoms with Gasteiger partial charge in [0, 0.05) is 53.8 Å². The van der Waals surface area contributed by atoms with Gasteiger partial charge in [0.15, 0.2) is 11.6 Å². The molecule has 0 aliphatic heterocycles. The van der Waals surface area contributed by atoms with Crippen molar-refractivity contribution < 1.29 is 26.7 Å². The molecule has 2 heterocycles. The van der Waals surface area contributed by atoms with Crippen molar-refractivity contribution >= 4 is 22.2 Å². The molecule has 0 bridgehead atoms. The Morgan fingerprint density at radius 3 is 2.50 bits per heavy atom. The first-order chi connectivity index (χ1) is 18.3. The molecule has 1 N–H and O–H groups in total. The summed E-state index contributed by atoms with van der Waals surface area (Å²) in [6.45, 7) is 0.157. The summed E-state index contributed by atoms with van der Waals surface area (Å²) in [5, 5.41) is 0.344. The van der Waals surface area contributed by atoms with Gasteiger partial charge in [-0.15, -0.1) is 0 Å². The van der Waals surface area contributed by atoms with Crippen LogP contribution in [0.4, 0.5) is 8.78 Å². The Kier molecular flexibility index (Phi) is 7.19. The molecule has 0 amide bonds. The molecule has 0 aliphatic carbocycles. The van der Waals surface area contributed by atoms with E-state index < -0.39 is 22.9 Å². The number of hydrogen-bond donors (Lipinski definition) is 1. The molecule has 1 atom stereocenters. The van der Waals surface area contributed by atoms with Gasteiger partial charge in [-0.2, -0.15) is 0 Å². The minimum Gasteiger partial charge on any atom is -0.760 e. The van der Waals surface area contributed by atoms with E-state index in [2.05, 4.69) is 4.72 Å². The first-order valence-corrected chi connectivity index (χ1v) is 12.6. The normalized spacial score (nSPS) is 12.1. The highest BCUT2D eigenvalue weighted by Crippen LogP contribution is 2.40. The van der Waals surface area contributed by atoms with Gasteiger partial charge in [-0.1, -0.05) is 36.4 Å². The van der Waals surface area contributed by atoms with Crippen LogP contribution in [0.2, 0.25) is 0 Å². The third-order valence-corrected chi connectivity index (χ3v) is 6.43. The number of pyridine rings is 1. The van der Waals surface area contributed by atoms with E-state index in [1.54, 1.807) is 37.5 Å². The van der Waals surface area contributed by atoms with Crippen molar-refractivity contribution in [1.82, 2.24) is 9.29 Å². The topological polar surface area (TPSA) is 96.5 Å². The van der Waals surface area contributed by atoms with Gasteiger partial charge in [-0.3, -0.25) is 9.00 Å². The molecular formula is C28H21F2N2O5S-. The third-order valence-electron chi connectivity index (χ3n) is 5.99. The standard InChI is InChI=1S/C28H22F2N2O5S/c1-32-16-22(27-21(28(32)33)15-26(37-27)18-5-3-2-4-6-18)20-13-17(11-12-31-38(34)35)7-9-24(20)36-25-10-8-19(29)14-23(25)30/h2-10,13-16,31H,11-12H2,1H3,(H,34,35)/p-1. The van der Waals surface area contributed by atoms with Gasteiger partial charge < -0.3 is 18.3 Å². The fraction of sp³-hybridized carbons (Fsp3) is 0.107. The van der Waals surface area contributed by atoms with Gasteiger partial charge in [-0.05, 0) is 42.3 Å². The predicted molar refractivity (Wildman–Crippen MR) is 139 cm³/mol. The Hall–Kier alpha value is -4.12. The SMILES string of the molecule is Cn1cc(-c2cc(CCNS(=O)[O-])ccc2Oc2ccc(F)cc2F)c2oc(-c3ccccc3)cc2c1=O. The fourth-order valence-corrected chi connectivity index (χ4v) is 4.44. The Morgan fingerprint density at radius 2 is 1.76 bits per heavy atom. The number of aryl methyl sites for hydroxylation is 1. The van der Waals surface area contributed by atoms with Crippen molar-refractivity contribution in [3.63, 3.8) is 0 Å². The number of hydrogen-bond acceptors (Lipinski definition) is 5. The lowest BCUT2D eigenvalue weighted by molar-refractivity contribution is 0.439. The number of aromatic nitrogens is 1. The summed E-state index contributed by atoms with van der Waals surface area (Å²) in [4.78, 5) is 13.0. The van der Waals surface area contributed by atoms with Crippen molar-refractivity contribution in [1.29, 1.82) is 0 Å². The summed E-state index contributed by atoms with van der Waals surface area (Å²) in [6, 6.07) is 19.1. The van der Waals surface area contributed by atoms with Crippen molar-refractivity contribution in [2.75, 3.05) is 6.54 Å². The van der Waals surface area contributed by atoms with Crippen molar-refractivity contribution in [3.05, 3.63) is 107 Å². The molecule has 194 valence electrons. The molecule has 7 nitrogen and oxygen atoms in total. The maximum atomic E-state index is 14.5. The number of ether oxygens (including phenoxy) is 1. The van der Waals surface area contributed by atoms with Crippen LogP contribution in [-0.4, -0.2) is 19.9 Å². The van der Waals surface area contributed by atoms with Crippen LogP contribution in [0.25, 0.3) is 33.4 Å². The molecule has 1 unspecified atom stereocenters. The van der Waals surface area contributed by atoms with Gasteiger partial charge in [-0.25, -0.2) is 13.5 Å². The molecule has 38 heavy (non-hydrogen) atoms. The highest BCUT2D eigenvalue weighted by Gasteiger charge is 2.20. The lowest BCUT2D eigenvalue weighted by atomic mass is 10.0. The van der Waals surface area contributed by atoms with Crippen LogP contribution in [0, 0.1) is 11.6 Å². The number of fused-ring (bicyclic) bond motifs is 1. The van der Waals surface area contributed by atoms with Gasteiger partial charge in [0.05, 0.1) is 5.39 Å². The van der Waals surface area contributed by atoms with Gasteiger partial charge >= 0.3 is 0 Å². The number of rotatable bonds is 8. The maximum Gasteiger partial charge on any atom is 0.261 e. The van der Waals surface area contributed by atoms with E-state index in [9.17, 15) is 22.3 Å². The van der Waals surface area contributed by atoms with Crippen LogP contribution in [-0.2, 0) is 24.7 Å². The number of benzene rings is 3. The molecule has 0 fully saturated rings. The second-order valence-electron chi connectivity index (χ2n) is 8.56. The molecule has 0 aliphatic rings. The Balaban J connectivity index is 1.68. The average Bonchev–Trinajstić information content (AvgIpc) is 3.35. The van der Waals surface area contributed by atoms with Gasteiger partial charge in [0.1, 0.15) is 22.9 Å². The fourth-order valence-electron chi connectivity index (χ4n) is 4.17. The van der Waals surface area contributed by atoms with Crippen LogP contribution < -0.4 is 15.0 Å². The highest BCUT2D eigenvalue weighted by atomic mass is 32.2. The summed E-state index contributed by atoms with van der Waals surface area (Å²) in [7, 11) is 1.61. The number of nitrogens with one attached hydrogen (secondary N) is 1. The third kappa shape index (κ3) is 5.28. The Bertz CT molecular complexity index is 1720. The monoisotopic (exact) mass is 535 g/mol. The minimum absolute atomic E-state index is 0.157. The van der Waals surface area contributed by atoms with E-state index >= 15 is 0 Å². The Morgan fingerprint density at radius 1 is 1.00 bits per heavy atom. The van der Waals surface area contributed by atoms with E-state index in [1.807, 2.05) is 30.3 Å². The molecular weight excluding hydrogens is 514 g/mol. The lowest BCUT2D eigenvalue weighted by Crippen LogP contribution is -2.19. The van der Waals surface area contributed by atoms with Crippen LogP contribution in [0.15, 0.2) is 88.2 Å². The molecule has 2 aromatic heterocycles. The van der Waals surface area contributed by atoms with E-state index in [0.29, 0.717) is 34.3 Å². The molecule has 5 rings (SSSR count). The van der Waals surface area contributed by atoms with Gasteiger partial charge in [0.25, 0.3) is 5.56 Å². The summed E-state index contributed by atoms with van der Waals surface area (Å²) in [5.41, 5.74) is 2.56. The van der Waals surface area contributed by atoms with E-state index in [0.717, 1.165) is 23.3 Å². The first kappa shape index (κ1) is 25.5. The summed E-state index contributed by atoms with van der Waals surface area (Å²) in [6.07, 6.45) is 1.95. The first-order valence-electron chi connectivity index (χ1n) is 11.6. The van der Waals surface area contributed by atoms with Crippen LogP contribution in [0.5, 0.6) is 11.5 Å². The summed E-state index contributed by atoms with van der Waals surface area (Å²) >= 11 is -2.41. The highest BCUT2D eigenvalue weighted by molar-refractivity contribution is 7.77.